The second kappa shape index (κ2) is 8.64. The SMILES string of the molecule is COc1ccc(C2(CNS(=O)(=O)c3ccc(C(C)C)cc3)CCOCC2)cc1. The molecule has 0 spiro atoms. The van der Waals surface area contributed by atoms with Crippen molar-refractivity contribution in [3.8, 4) is 5.75 Å². The predicted octanol–water partition coefficient (Wildman–Crippen LogP) is 3.85. The highest BCUT2D eigenvalue weighted by Gasteiger charge is 2.35. The molecule has 0 aromatic heterocycles. The van der Waals surface area contributed by atoms with Gasteiger partial charge >= 0.3 is 0 Å². The van der Waals surface area contributed by atoms with Gasteiger partial charge in [-0.2, -0.15) is 0 Å². The van der Waals surface area contributed by atoms with Crippen LogP contribution in [-0.2, 0) is 20.2 Å². The lowest BCUT2D eigenvalue weighted by Crippen LogP contribution is -2.44. The van der Waals surface area contributed by atoms with Crippen LogP contribution in [0.1, 0.15) is 43.7 Å². The molecule has 5 nitrogen and oxygen atoms in total. The van der Waals surface area contributed by atoms with Gasteiger partial charge in [0.1, 0.15) is 5.75 Å². The van der Waals surface area contributed by atoms with Crippen molar-refractivity contribution >= 4 is 10.0 Å². The minimum atomic E-state index is -3.58. The average molecular weight is 404 g/mol. The van der Waals surface area contributed by atoms with Crippen molar-refractivity contribution in [2.75, 3.05) is 26.9 Å². The van der Waals surface area contributed by atoms with Gasteiger partial charge < -0.3 is 9.47 Å². The van der Waals surface area contributed by atoms with Crippen LogP contribution in [-0.4, -0.2) is 35.3 Å². The summed E-state index contributed by atoms with van der Waals surface area (Å²) >= 11 is 0. The molecule has 0 aliphatic carbocycles. The third kappa shape index (κ3) is 4.57. The third-order valence-corrected chi connectivity index (χ3v) is 7.03. The first-order chi connectivity index (χ1) is 13.4. The van der Waals surface area contributed by atoms with Crippen molar-refractivity contribution in [2.45, 2.75) is 42.9 Å². The Kier molecular flexibility index (Phi) is 6.43. The second-order valence-corrected chi connectivity index (χ2v) is 9.44. The monoisotopic (exact) mass is 403 g/mol. The first-order valence-electron chi connectivity index (χ1n) is 9.68. The zero-order valence-corrected chi connectivity index (χ0v) is 17.6. The molecule has 0 radical (unpaired) electrons. The summed E-state index contributed by atoms with van der Waals surface area (Å²) in [7, 11) is -1.94. The standard InChI is InChI=1S/C22H29NO4S/c1-17(2)18-4-10-21(11-5-18)28(24,25)23-16-22(12-14-27-15-13-22)19-6-8-20(26-3)9-7-19/h4-11,17,23H,12-16H2,1-3H3. The maximum absolute atomic E-state index is 12.9. The minimum Gasteiger partial charge on any atom is -0.497 e. The second-order valence-electron chi connectivity index (χ2n) is 7.67. The summed E-state index contributed by atoms with van der Waals surface area (Å²) in [6.45, 7) is 5.77. The largest absolute Gasteiger partial charge is 0.497 e. The molecule has 0 saturated carbocycles. The van der Waals surface area contributed by atoms with Crippen LogP contribution in [0.4, 0.5) is 0 Å². The van der Waals surface area contributed by atoms with Crippen LogP contribution in [0.25, 0.3) is 0 Å². The van der Waals surface area contributed by atoms with E-state index in [9.17, 15) is 8.42 Å². The molecule has 2 aromatic rings. The van der Waals surface area contributed by atoms with E-state index < -0.39 is 10.0 Å². The van der Waals surface area contributed by atoms with E-state index in [1.807, 2.05) is 36.4 Å². The molecule has 2 aromatic carbocycles. The Hall–Kier alpha value is -1.89. The van der Waals surface area contributed by atoms with Crippen molar-refractivity contribution in [3.63, 3.8) is 0 Å². The zero-order valence-electron chi connectivity index (χ0n) is 16.8. The Morgan fingerprint density at radius 2 is 1.64 bits per heavy atom. The lowest BCUT2D eigenvalue weighted by Gasteiger charge is -2.38. The number of nitrogens with one attached hydrogen (secondary N) is 1. The van der Waals surface area contributed by atoms with E-state index in [0.29, 0.717) is 30.6 Å². The van der Waals surface area contributed by atoms with Gasteiger partial charge in [-0.05, 0) is 54.2 Å². The molecule has 1 N–H and O–H groups in total. The molecule has 1 heterocycles. The minimum absolute atomic E-state index is 0.282. The molecular formula is C22H29NO4S. The molecule has 6 heteroatoms. The molecule has 0 atom stereocenters. The fraction of sp³-hybridized carbons (Fsp3) is 0.455. The third-order valence-electron chi connectivity index (χ3n) is 5.61. The number of rotatable bonds is 7. The van der Waals surface area contributed by atoms with E-state index in [0.717, 1.165) is 29.7 Å². The number of sulfonamides is 1. The summed E-state index contributed by atoms with van der Waals surface area (Å²) in [4.78, 5) is 0.300. The summed E-state index contributed by atoms with van der Waals surface area (Å²) in [5.74, 6) is 1.15. The molecular weight excluding hydrogens is 374 g/mol. The number of methoxy groups -OCH3 is 1. The number of hydrogen-bond donors (Lipinski definition) is 1. The lowest BCUT2D eigenvalue weighted by molar-refractivity contribution is 0.0517. The summed E-state index contributed by atoms with van der Waals surface area (Å²) in [6, 6.07) is 15.0. The van der Waals surface area contributed by atoms with Crippen LogP contribution in [0.15, 0.2) is 53.4 Å². The highest BCUT2D eigenvalue weighted by Crippen LogP contribution is 2.35. The fourth-order valence-corrected chi connectivity index (χ4v) is 4.75. The predicted molar refractivity (Wildman–Crippen MR) is 110 cm³/mol. The van der Waals surface area contributed by atoms with Crippen LogP contribution in [0, 0.1) is 0 Å². The zero-order chi connectivity index (χ0) is 20.2. The Bertz CT molecular complexity index is 868. The molecule has 3 rings (SSSR count). The molecule has 0 amide bonds. The number of ether oxygens (including phenoxy) is 2. The first kappa shape index (κ1) is 20.8. The van der Waals surface area contributed by atoms with E-state index in [2.05, 4.69) is 18.6 Å². The van der Waals surface area contributed by atoms with Gasteiger partial charge in [0.15, 0.2) is 0 Å². The molecule has 1 fully saturated rings. The number of benzene rings is 2. The van der Waals surface area contributed by atoms with Gasteiger partial charge in [-0.3, -0.25) is 0 Å². The van der Waals surface area contributed by atoms with E-state index in [1.54, 1.807) is 19.2 Å². The van der Waals surface area contributed by atoms with Crippen molar-refractivity contribution in [2.24, 2.45) is 0 Å². The Morgan fingerprint density at radius 3 is 2.18 bits per heavy atom. The Morgan fingerprint density at radius 1 is 1.04 bits per heavy atom. The maximum atomic E-state index is 12.9. The van der Waals surface area contributed by atoms with Gasteiger partial charge in [-0.25, -0.2) is 13.1 Å². The van der Waals surface area contributed by atoms with Crippen LogP contribution in [0.5, 0.6) is 5.75 Å². The summed E-state index contributed by atoms with van der Waals surface area (Å²) in [5, 5.41) is 0. The highest BCUT2D eigenvalue weighted by molar-refractivity contribution is 7.89. The smallest absolute Gasteiger partial charge is 0.240 e. The van der Waals surface area contributed by atoms with Gasteiger partial charge in [-0.15, -0.1) is 0 Å². The van der Waals surface area contributed by atoms with E-state index in [4.69, 9.17) is 9.47 Å². The van der Waals surface area contributed by atoms with E-state index in [-0.39, 0.29) is 5.41 Å². The molecule has 1 aliphatic heterocycles. The lowest BCUT2D eigenvalue weighted by atomic mass is 9.74. The van der Waals surface area contributed by atoms with Crippen molar-refractivity contribution in [1.82, 2.24) is 4.72 Å². The molecule has 1 saturated heterocycles. The van der Waals surface area contributed by atoms with Crippen LogP contribution >= 0.6 is 0 Å². The summed E-state index contributed by atoms with van der Waals surface area (Å²) < 4.78 is 39.4. The van der Waals surface area contributed by atoms with Gasteiger partial charge in [0.05, 0.1) is 12.0 Å². The highest BCUT2D eigenvalue weighted by atomic mass is 32.2. The summed E-state index contributed by atoms with van der Waals surface area (Å²) in [6.07, 6.45) is 1.54. The van der Waals surface area contributed by atoms with E-state index >= 15 is 0 Å². The molecule has 28 heavy (non-hydrogen) atoms. The van der Waals surface area contributed by atoms with Crippen LogP contribution in [0.3, 0.4) is 0 Å². The van der Waals surface area contributed by atoms with Crippen molar-refractivity contribution < 1.29 is 17.9 Å². The quantitative estimate of drug-likeness (QED) is 0.763. The Labute approximate surface area is 168 Å². The molecule has 152 valence electrons. The van der Waals surface area contributed by atoms with Crippen molar-refractivity contribution in [3.05, 3.63) is 59.7 Å². The van der Waals surface area contributed by atoms with Crippen LogP contribution < -0.4 is 9.46 Å². The maximum Gasteiger partial charge on any atom is 0.240 e. The van der Waals surface area contributed by atoms with Crippen LogP contribution in [0.2, 0.25) is 0 Å². The average Bonchev–Trinajstić information content (AvgIpc) is 2.73. The number of hydrogen-bond acceptors (Lipinski definition) is 4. The van der Waals surface area contributed by atoms with Crippen molar-refractivity contribution in [1.29, 1.82) is 0 Å². The molecule has 0 unspecified atom stereocenters. The van der Waals surface area contributed by atoms with Gasteiger partial charge in [0.2, 0.25) is 10.0 Å². The van der Waals surface area contributed by atoms with Gasteiger partial charge in [0, 0.05) is 25.2 Å². The first-order valence-corrected chi connectivity index (χ1v) is 11.2. The van der Waals surface area contributed by atoms with Gasteiger partial charge in [0.25, 0.3) is 0 Å². The normalized spacial score (nSPS) is 16.9. The van der Waals surface area contributed by atoms with E-state index in [1.165, 1.54) is 0 Å². The Balaban J connectivity index is 1.81. The topological polar surface area (TPSA) is 64.6 Å². The fourth-order valence-electron chi connectivity index (χ4n) is 3.62. The molecule has 0 bridgehead atoms. The van der Waals surface area contributed by atoms with Gasteiger partial charge in [-0.1, -0.05) is 38.1 Å². The molecule has 1 aliphatic rings. The summed E-state index contributed by atoms with van der Waals surface area (Å²) in [5.41, 5.74) is 1.95.